The first-order valence-electron chi connectivity index (χ1n) is 7.74. The van der Waals surface area contributed by atoms with Gasteiger partial charge < -0.3 is 24.6 Å². The molecule has 1 fully saturated rings. The van der Waals surface area contributed by atoms with Crippen LogP contribution in [0.2, 0.25) is 0 Å². The van der Waals surface area contributed by atoms with E-state index < -0.39 is 0 Å². The molecule has 1 aromatic heterocycles. The molecule has 0 aromatic carbocycles. The van der Waals surface area contributed by atoms with Crippen LogP contribution < -0.4 is 5.32 Å². The number of nitrogens with one attached hydrogen (secondary N) is 1. The van der Waals surface area contributed by atoms with E-state index in [1.54, 1.807) is 18.3 Å². The van der Waals surface area contributed by atoms with Crippen molar-refractivity contribution < 1.29 is 14.6 Å². The molecule has 22 heavy (non-hydrogen) atoms. The molecule has 0 spiro atoms. The standard InChI is InChI=1S/C14H25N5O3/c1-22-7-3-6-19-11-16-17-13(19)8-15-14(21)18-5-2-4-12(9-18)10-20/h11-12,20H,2-10H2,1H3,(H,15,21)/t12-/m1/s1. The van der Waals surface area contributed by atoms with E-state index in [1.807, 2.05) is 4.57 Å². The number of carbonyl (C=O) groups is 1. The van der Waals surface area contributed by atoms with Crippen LogP contribution in [0.3, 0.4) is 0 Å². The van der Waals surface area contributed by atoms with E-state index in [9.17, 15) is 9.90 Å². The van der Waals surface area contributed by atoms with Crippen LogP contribution in [0.1, 0.15) is 25.1 Å². The Morgan fingerprint density at radius 2 is 2.45 bits per heavy atom. The van der Waals surface area contributed by atoms with Crippen molar-refractivity contribution in [2.75, 3.05) is 33.4 Å². The van der Waals surface area contributed by atoms with Crippen LogP contribution in [0.5, 0.6) is 0 Å². The summed E-state index contributed by atoms with van der Waals surface area (Å²) in [4.78, 5) is 13.9. The Labute approximate surface area is 130 Å². The number of piperidine rings is 1. The van der Waals surface area contributed by atoms with Gasteiger partial charge >= 0.3 is 6.03 Å². The van der Waals surface area contributed by atoms with Crippen molar-refractivity contribution in [3.63, 3.8) is 0 Å². The van der Waals surface area contributed by atoms with Gasteiger partial charge in [-0.05, 0) is 25.2 Å². The van der Waals surface area contributed by atoms with Gasteiger partial charge in [0.2, 0.25) is 0 Å². The Kier molecular flexibility index (Phi) is 6.60. The molecule has 8 heteroatoms. The van der Waals surface area contributed by atoms with Crippen LogP contribution in [0.4, 0.5) is 4.79 Å². The van der Waals surface area contributed by atoms with Crippen molar-refractivity contribution >= 4 is 6.03 Å². The van der Waals surface area contributed by atoms with Gasteiger partial charge in [-0.2, -0.15) is 0 Å². The number of aliphatic hydroxyl groups excluding tert-OH is 1. The van der Waals surface area contributed by atoms with Gasteiger partial charge in [-0.25, -0.2) is 4.79 Å². The summed E-state index contributed by atoms with van der Waals surface area (Å²) < 4.78 is 6.95. The number of methoxy groups -OCH3 is 1. The molecule has 0 saturated carbocycles. The zero-order valence-electron chi connectivity index (χ0n) is 13.1. The van der Waals surface area contributed by atoms with E-state index in [1.165, 1.54) is 0 Å². The van der Waals surface area contributed by atoms with Gasteiger partial charge in [-0.15, -0.1) is 10.2 Å². The Morgan fingerprint density at radius 3 is 3.23 bits per heavy atom. The first-order valence-corrected chi connectivity index (χ1v) is 7.74. The number of likely N-dealkylation sites (tertiary alicyclic amines) is 1. The summed E-state index contributed by atoms with van der Waals surface area (Å²) in [6.45, 7) is 3.29. The zero-order chi connectivity index (χ0) is 15.8. The highest BCUT2D eigenvalue weighted by Gasteiger charge is 2.23. The zero-order valence-corrected chi connectivity index (χ0v) is 13.1. The fourth-order valence-corrected chi connectivity index (χ4v) is 2.65. The van der Waals surface area contributed by atoms with E-state index >= 15 is 0 Å². The first-order chi connectivity index (χ1) is 10.7. The second kappa shape index (κ2) is 8.70. The molecule has 2 heterocycles. The monoisotopic (exact) mass is 311 g/mol. The molecule has 1 aliphatic rings. The predicted molar refractivity (Wildman–Crippen MR) is 80.1 cm³/mol. The normalized spacial score (nSPS) is 18.5. The molecule has 1 aromatic rings. The van der Waals surface area contributed by atoms with Crippen molar-refractivity contribution in [2.45, 2.75) is 32.4 Å². The predicted octanol–water partition coefficient (Wildman–Crippen LogP) is 0.229. The van der Waals surface area contributed by atoms with Crippen molar-refractivity contribution in [3.05, 3.63) is 12.2 Å². The molecule has 1 atom stereocenters. The summed E-state index contributed by atoms with van der Waals surface area (Å²) in [5.41, 5.74) is 0. The number of nitrogens with zero attached hydrogens (tertiary/aromatic N) is 4. The average Bonchev–Trinajstić information content (AvgIpc) is 3.00. The third-order valence-corrected chi connectivity index (χ3v) is 3.91. The minimum atomic E-state index is -0.107. The Hall–Kier alpha value is -1.67. The maximum Gasteiger partial charge on any atom is 0.317 e. The van der Waals surface area contributed by atoms with Crippen molar-refractivity contribution in [1.29, 1.82) is 0 Å². The third-order valence-electron chi connectivity index (χ3n) is 3.91. The van der Waals surface area contributed by atoms with E-state index in [-0.39, 0.29) is 18.6 Å². The van der Waals surface area contributed by atoms with Crippen molar-refractivity contribution in [2.24, 2.45) is 5.92 Å². The smallest absolute Gasteiger partial charge is 0.317 e. The average molecular weight is 311 g/mol. The lowest BCUT2D eigenvalue weighted by atomic mass is 9.99. The number of aryl methyl sites for hydroxylation is 1. The number of aliphatic hydroxyl groups is 1. The molecule has 1 aliphatic heterocycles. The SMILES string of the molecule is COCCCn1cnnc1CNC(=O)N1CCC[C@@H](CO)C1. The fourth-order valence-electron chi connectivity index (χ4n) is 2.65. The number of hydrogen-bond donors (Lipinski definition) is 2. The molecule has 0 aliphatic carbocycles. The van der Waals surface area contributed by atoms with E-state index in [4.69, 9.17) is 4.74 Å². The van der Waals surface area contributed by atoms with Gasteiger partial charge in [-0.1, -0.05) is 0 Å². The maximum atomic E-state index is 12.2. The third kappa shape index (κ3) is 4.67. The summed E-state index contributed by atoms with van der Waals surface area (Å²) in [5, 5.41) is 20.0. The molecule has 8 nitrogen and oxygen atoms in total. The van der Waals surface area contributed by atoms with E-state index in [0.29, 0.717) is 19.7 Å². The molecular weight excluding hydrogens is 286 g/mol. The largest absolute Gasteiger partial charge is 0.396 e. The van der Waals surface area contributed by atoms with Gasteiger partial charge in [0.25, 0.3) is 0 Å². The Morgan fingerprint density at radius 1 is 1.59 bits per heavy atom. The van der Waals surface area contributed by atoms with Crippen LogP contribution in [-0.2, 0) is 17.8 Å². The van der Waals surface area contributed by atoms with Crippen LogP contribution in [0, 0.1) is 5.92 Å². The summed E-state index contributed by atoms with van der Waals surface area (Å²) in [6.07, 6.45) is 4.46. The van der Waals surface area contributed by atoms with Crippen LogP contribution in [-0.4, -0.2) is 64.2 Å². The number of carbonyl (C=O) groups excluding carboxylic acids is 1. The number of hydrogen-bond acceptors (Lipinski definition) is 5. The Bertz CT molecular complexity index is 465. The highest BCUT2D eigenvalue weighted by Crippen LogP contribution is 2.15. The molecule has 2 rings (SSSR count). The van der Waals surface area contributed by atoms with Gasteiger partial charge in [0.1, 0.15) is 6.33 Å². The van der Waals surface area contributed by atoms with E-state index in [2.05, 4.69) is 15.5 Å². The molecule has 0 unspecified atom stereocenters. The number of aromatic nitrogens is 3. The summed E-state index contributed by atoms with van der Waals surface area (Å²) in [7, 11) is 1.67. The minimum absolute atomic E-state index is 0.107. The second-order valence-corrected chi connectivity index (χ2v) is 5.58. The highest BCUT2D eigenvalue weighted by molar-refractivity contribution is 5.74. The van der Waals surface area contributed by atoms with Gasteiger partial charge in [0.15, 0.2) is 5.82 Å². The van der Waals surface area contributed by atoms with Crippen LogP contribution in [0.25, 0.3) is 0 Å². The lowest BCUT2D eigenvalue weighted by molar-refractivity contribution is 0.129. The molecule has 124 valence electrons. The Balaban J connectivity index is 1.79. The van der Waals surface area contributed by atoms with Gasteiger partial charge in [-0.3, -0.25) is 0 Å². The summed E-state index contributed by atoms with van der Waals surface area (Å²) in [5.74, 6) is 0.928. The quantitative estimate of drug-likeness (QED) is 0.703. The number of rotatable bonds is 7. The molecule has 0 bridgehead atoms. The number of urea groups is 1. The van der Waals surface area contributed by atoms with Crippen molar-refractivity contribution in [1.82, 2.24) is 25.0 Å². The molecule has 0 radical (unpaired) electrons. The van der Waals surface area contributed by atoms with Gasteiger partial charge in [0.05, 0.1) is 6.54 Å². The lowest BCUT2D eigenvalue weighted by Crippen LogP contribution is -2.46. The first kappa shape index (κ1) is 16.7. The minimum Gasteiger partial charge on any atom is -0.396 e. The van der Waals surface area contributed by atoms with E-state index in [0.717, 1.165) is 38.2 Å². The lowest BCUT2D eigenvalue weighted by Gasteiger charge is -2.31. The molecule has 2 N–H and O–H groups in total. The van der Waals surface area contributed by atoms with Crippen molar-refractivity contribution in [3.8, 4) is 0 Å². The number of amides is 2. The highest BCUT2D eigenvalue weighted by atomic mass is 16.5. The van der Waals surface area contributed by atoms with Crippen LogP contribution in [0.15, 0.2) is 6.33 Å². The van der Waals surface area contributed by atoms with Crippen LogP contribution >= 0.6 is 0 Å². The fraction of sp³-hybridized carbons (Fsp3) is 0.786. The maximum absolute atomic E-state index is 12.2. The second-order valence-electron chi connectivity index (χ2n) is 5.58. The van der Waals surface area contributed by atoms with Gasteiger partial charge in [0, 0.05) is 40.0 Å². The number of ether oxygens (including phenoxy) is 1. The summed E-state index contributed by atoms with van der Waals surface area (Å²) in [6, 6.07) is -0.107. The summed E-state index contributed by atoms with van der Waals surface area (Å²) >= 11 is 0. The molecule has 2 amide bonds. The molecular formula is C14H25N5O3. The molecule has 1 saturated heterocycles. The topological polar surface area (TPSA) is 92.5 Å².